The zero-order valence-corrected chi connectivity index (χ0v) is 16.4. The zero-order chi connectivity index (χ0) is 18.5. The van der Waals surface area contributed by atoms with Gasteiger partial charge < -0.3 is 10.2 Å². The number of rotatable bonds is 6. The van der Waals surface area contributed by atoms with Gasteiger partial charge in [-0.05, 0) is 30.3 Å². The molecule has 138 valence electrons. The molecule has 7 heteroatoms. The number of nitro benzene ring substituents is 1. The number of hydrogen-bond acceptors (Lipinski definition) is 5. The Kier molecular flexibility index (Phi) is 6.24. The molecule has 1 heterocycles. The summed E-state index contributed by atoms with van der Waals surface area (Å²) in [6, 6.07) is 13.4. The summed E-state index contributed by atoms with van der Waals surface area (Å²) in [5.74, 6) is 0. The molecule has 1 fully saturated rings. The van der Waals surface area contributed by atoms with Crippen molar-refractivity contribution in [3.8, 4) is 0 Å². The van der Waals surface area contributed by atoms with Gasteiger partial charge in [0.25, 0.3) is 5.69 Å². The van der Waals surface area contributed by atoms with E-state index in [1.54, 1.807) is 12.1 Å². The number of anilines is 1. The fourth-order valence-electron chi connectivity index (χ4n) is 3.11. The second-order valence-electron chi connectivity index (χ2n) is 6.67. The van der Waals surface area contributed by atoms with Gasteiger partial charge in [0.15, 0.2) is 0 Å². The van der Waals surface area contributed by atoms with Crippen LogP contribution in [0, 0.1) is 10.1 Å². The predicted octanol–water partition coefficient (Wildman–Crippen LogP) is 3.72. The molecule has 6 nitrogen and oxygen atoms in total. The van der Waals surface area contributed by atoms with Crippen molar-refractivity contribution in [3.63, 3.8) is 0 Å². The number of piperazine rings is 1. The number of likely N-dealkylation sites (N-methyl/N-ethyl adjacent to an activating group) is 1. The molecule has 2 aromatic carbocycles. The van der Waals surface area contributed by atoms with Crippen molar-refractivity contribution < 1.29 is 4.92 Å². The van der Waals surface area contributed by atoms with Gasteiger partial charge in [-0.1, -0.05) is 40.2 Å². The molecule has 0 spiro atoms. The highest BCUT2D eigenvalue weighted by Crippen LogP contribution is 2.28. The lowest BCUT2D eigenvalue weighted by atomic mass is 10.1. The Bertz CT molecular complexity index is 776. The van der Waals surface area contributed by atoms with Crippen LogP contribution < -0.4 is 5.32 Å². The Morgan fingerprint density at radius 1 is 1.12 bits per heavy atom. The molecule has 0 saturated carbocycles. The SMILES string of the molecule is CN1CCN(Cc2cccc(CNc3cc(Br)ccc3[N+](=O)[O-])c2)CC1. The molecule has 0 unspecified atom stereocenters. The highest BCUT2D eigenvalue weighted by Gasteiger charge is 2.15. The van der Waals surface area contributed by atoms with Gasteiger partial charge in [-0.25, -0.2) is 0 Å². The molecule has 1 N–H and O–H groups in total. The number of nitro groups is 1. The van der Waals surface area contributed by atoms with Gasteiger partial charge in [0, 0.05) is 49.8 Å². The van der Waals surface area contributed by atoms with Crippen LogP contribution in [0.25, 0.3) is 0 Å². The minimum Gasteiger partial charge on any atom is -0.375 e. The molecule has 1 aliphatic rings. The average molecular weight is 419 g/mol. The summed E-state index contributed by atoms with van der Waals surface area (Å²) < 4.78 is 0.814. The van der Waals surface area contributed by atoms with Gasteiger partial charge in [-0.2, -0.15) is 0 Å². The topological polar surface area (TPSA) is 61.6 Å². The van der Waals surface area contributed by atoms with Crippen molar-refractivity contribution in [1.29, 1.82) is 0 Å². The van der Waals surface area contributed by atoms with Gasteiger partial charge >= 0.3 is 0 Å². The van der Waals surface area contributed by atoms with Gasteiger partial charge in [-0.15, -0.1) is 0 Å². The smallest absolute Gasteiger partial charge is 0.292 e. The number of halogens is 1. The van der Waals surface area contributed by atoms with Gasteiger partial charge in [0.1, 0.15) is 5.69 Å². The third-order valence-corrected chi connectivity index (χ3v) is 5.12. The standard InChI is InChI=1S/C19H23BrN4O2/c1-22-7-9-23(10-8-22)14-16-4-2-3-15(11-16)13-21-18-12-17(20)5-6-19(18)24(25)26/h2-6,11-12,21H,7-10,13-14H2,1H3. The molecular weight excluding hydrogens is 396 g/mol. The second-order valence-corrected chi connectivity index (χ2v) is 7.59. The Labute approximate surface area is 162 Å². The van der Waals surface area contributed by atoms with Crippen LogP contribution in [-0.2, 0) is 13.1 Å². The maximum atomic E-state index is 11.2. The Hall–Kier alpha value is -1.96. The average Bonchev–Trinajstić information content (AvgIpc) is 2.62. The van der Waals surface area contributed by atoms with Crippen LogP contribution in [0.2, 0.25) is 0 Å². The quantitative estimate of drug-likeness (QED) is 0.571. The summed E-state index contributed by atoms with van der Waals surface area (Å²) in [5, 5.41) is 14.4. The lowest BCUT2D eigenvalue weighted by Crippen LogP contribution is -2.43. The van der Waals surface area contributed by atoms with Crippen molar-refractivity contribution in [2.24, 2.45) is 0 Å². The molecule has 0 aromatic heterocycles. The van der Waals surface area contributed by atoms with Crippen molar-refractivity contribution in [2.75, 3.05) is 38.5 Å². The van der Waals surface area contributed by atoms with Crippen LogP contribution in [0.4, 0.5) is 11.4 Å². The second kappa shape index (κ2) is 8.62. The molecular formula is C19H23BrN4O2. The summed E-state index contributed by atoms with van der Waals surface area (Å²) >= 11 is 3.37. The number of nitrogens with one attached hydrogen (secondary N) is 1. The van der Waals surface area contributed by atoms with E-state index in [4.69, 9.17) is 0 Å². The molecule has 0 atom stereocenters. The molecule has 0 radical (unpaired) electrons. The molecule has 3 rings (SSSR count). The first-order valence-electron chi connectivity index (χ1n) is 8.68. The van der Waals surface area contributed by atoms with E-state index in [9.17, 15) is 10.1 Å². The summed E-state index contributed by atoms with van der Waals surface area (Å²) in [5.41, 5.74) is 3.00. The summed E-state index contributed by atoms with van der Waals surface area (Å²) in [7, 11) is 2.16. The normalized spacial score (nSPS) is 15.8. The Balaban J connectivity index is 1.64. The monoisotopic (exact) mass is 418 g/mol. The van der Waals surface area contributed by atoms with E-state index in [0.29, 0.717) is 12.2 Å². The minimum absolute atomic E-state index is 0.0850. The first-order valence-corrected chi connectivity index (χ1v) is 9.47. The van der Waals surface area contributed by atoms with Crippen molar-refractivity contribution >= 4 is 27.3 Å². The van der Waals surface area contributed by atoms with E-state index in [0.717, 1.165) is 42.8 Å². The number of hydrogen-bond donors (Lipinski definition) is 1. The van der Waals surface area contributed by atoms with Crippen LogP contribution in [0.1, 0.15) is 11.1 Å². The molecule has 1 saturated heterocycles. The van der Waals surface area contributed by atoms with Gasteiger partial charge in [-0.3, -0.25) is 15.0 Å². The third kappa shape index (κ3) is 5.03. The lowest BCUT2D eigenvalue weighted by Gasteiger charge is -2.32. The molecule has 26 heavy (non-hydrogen) atoms. The van der Waals surface area contributed by atoms with Crippen LogP contribution in [0.5, 0.6) is 0 Å². The lowest BCUT2D eigenvalue weighted by molar-refractivity contribution is -0.384. The van der Waals surface area contributed by atoms with Crippen molar-refractivity contribution in [3.05, 3.63) is 68.2 Å². The van der Waals surface area contributed by atoms with Crippen molar-refractivity contribution in [1.82, 2.24) is 9.80 Å². The van der Waals surface area contributed by atoms with E-state index in [2.05, 4.69) is 56.3 Å². The van der Waals surface area contributed by atoms with E-state index in [1.165, 1.54) is 11.6 Å². The zero-order valence-electron chi connectivity index (χ0n) is 14.8. The molecule has 0 amide bonds. The predicted molar refractivity (Wildman–Crippen MR) is 107 cm³/mol. The highest BCUT2D eigenvalue weighted by molar-refractivity contribution is 9.10. The first-order chi connectivity index (χ1) is 12.5. The summed E-state index contributed by atoms with van der Waals surface area (Å²) in [6.45, 7) is 5.88. The Morgan fingerprint density at radius 3 is 2.58 bits per heavy atom. The van der Waals surface area contributed by atoms with E-state index < -0.39 is 0 Å². The van der Waals surface area contributed by atoms with Crippen molar-refractivity contribution in [2.45, 2.75) is 13.1 Å². The van der Waals surface area contributed by atoms with Gasteiger partial charge in [0.2, 0.25) is 0 Å². The van der Waals surface area contributed by atoms with E-state index in [1.807, 2.05) is 6.07 Å². The van der Waals surface area contributed by atoms with E-state index in [-0.39, 0.29) is 10.6 Å². The molecule has 0 bridgehead atoms. The van der Waals surface area contributed by atoms with Crippen LogP contribution in [0.3, 0.4) is 0 Å². The maximum Gasteiger partial charge on any atom is 0.292 e. The van der Waals surface area contributed by atoms with Crippen LogP contribution in [-0.4, -0.2) is 47.9 Å². The third-order valence-electron chi connectivity index (χ3n) is 4.63. The number of nitrogens with zero attached hydrogens (tertiary/aromatic N) is 3. The minimum atomic E-state index is -0.363. The van der Waals surface area contributed by atoms with Crippen LogP contribution >= 0.6 is 15.9 Å². The van der Waals surface area contributed by atoms with Gasteiger partial charge in [0.05, 0.1) is 4.92 Å². The van der Waals surface area contributed by atoms with Crippen LogP contribution in [0.15, 0.2) is 46.9 Å². The Morgan fingerprint density at radius 2 is 1.85 bits per heavy atom. The highest BCUT2D eigenvalue weighted by atomic mass is 79.9. The summed E-state index contributed by atoms with van der Waals surface area (Å²) in [4.78, 5) is 15.6. The fourth-order valence-corrected chi connectivity index (χ4v) is 3.47. The largest absolute Gasteiger partial charge is 0.375 e. The first kappa shape index (κ1) is 18.8. The molecule has 1 aliphatic heterocycles. The fraction of sp³-hybridized carbons (Fsp3) is 0.368. The number of benzene rings is 2. The molecule has 0 aliphatic carbocycles. The molecule has 2 aromatic rings. The van der Waals surface area contributed by atoms with E-state index >= 15 is 0 Å². The summed E-state index contributed by atoms with van der Waals surface area (Å²) in [6.07, 6.45) is 0. The maximum absolute atomic E-state index is 11.2.